The molecule has 0 unspecified atom stereocenters. The van der Waals surface area contributed by atoms with Crippen LogP contribution in [0.4, 0.5) is 4.79 Å². The molecule has 0 fully saturated rings. The van der Waals surface area contributed by atoms with E-state index in [0.29, 0.717) is 6.42 Å². The Bertz CT molecular complexity index is 425. The summed E-state index contributed by atoms with van der Waals surface area (Å²) >= 11 is 0. The molecule has 7 nitrogen and oxygen atoms in total. The van der Waals surface area contributed by atoms with Gasteiger partial charge in [0.15, 0.2) is 11.5 Å². The highest BCUT2D eigenvalue weighted by atomic mass is 16.2. The minimum atomic E-state index is -0.705. The van der Waals surface area contributed by atoms with Crippen LogP contribution in [0.5, 0.6) is 0 Å². The summed E-state index contributed by atoms with van der Waals surface area (Å²) in [6.07, 6.45) is 1.50. The Hall–Kier alpha value is -2.05. The zero-order valence-electron chi connectivity index (χ0n) is 9.77. The van der Waals surface area contributed by atoms with Gasteiger partial charge in [0.05, 0.1) is 0 Å². The van der Waals surface area contributed by atoms with Crippen molar-refractivity contribution in [2.75, 3.05) is 6.54 Å². The quantitative estimate of drug-likeness (QED) is 0.752. The third-order valence-corrected chi connectivity index (χ3v) is 2.14. The molecule has 0 aliphatic carbocycles. The van der Waals surface area contributed by atoms with E-state index in [-0.39, 0.29) is 18.1 Å². The van der Waals surface area contributed by atoms with E-state index in [1.165, 1.54) is 6.92 Å². The Morgan fingerprint density at radius 1 is 1.47 bits per heavy atom. The van der Waals surface area contributed by atoms with E-state index in [0.717, 1.165) is 11.3 Å². The molecule has 0 radical (unpaired) electrons. The number of hydrogen-bond acceptors (Lipinski definition) is 4. The number of carbonyl (C=O) groups excluding carboxylic acids is 3. The summed E-state index contributed by atoms with van der Waals surface area (Å²) in [5.74, 6) is -1.52. The van der Waals surface area contributed by atoms with Gasteiger partial charge >= 0.3 is 6.03 Å². The lowest BCUT2D eigenvalue weighted by Crippen LogP contribution is -2.50. The molecule has 0 aromatic carbocycles. The summed E-state index contributed by atoms with van der Waals surface area (Å²) in [6.45, 7) is 3.38. The molecule has 0 bridgehead atoms. The van der Waals surface area contributed by atoms with Gasteiger partial charge < -0.3 is 5.73 Å². The summed E-state index contributed by atoms with van der Waals surface area (Å²) < 4.78 is 0. The standard InChI is InChI=1S/C10H14N4O3/c1-3-4-5-14-9(16)7(12-6(2)15)8(11)13-10(14)17/h3-5H2,1-2H3,(H2,11,13,17). The van der Waals surface area contributed by atoms with Gasteiger partial charge in [-0.3, -0.25) is 14.5 Å². The first kappa shape index (κ1) is 13.0. The second-order valence-corrected chi connectivity index (χ2v) is 3.57. The van der Waals surface area contributed by atoms with Crippen LogP contribution in [0, 0.1) is 0 Å². The van der Waals surface area contributed by atoms with Gasteiger partial charge in [-0.05, 0) is 6.42 Å². The zero-order chi connectivity index (χ0) is 13.0. The van der Waals surface area contributed by atoms with E-state index in [4.69, 9.17) is 5.73 Å². The van der Waals surface area contributed by atoms with Gasteiger partial charge in [-0.2, -0.15) is 4.99 Å². The number of nitrogens with zero attached hydrogens (tertiary/aromatic N) is 3. The van der Waals surface area contributed by atoms with Gasteiger partial charge in [0, 0.05) is 13.5 Å². The first-order valence-electron chi connectivity index (χ1n) is 5.27. The topological polar surface area (TPSA) is 105 Å². The van der Waals surface area contributed by atoms with Crippen LogP contribution < -0.4 is 5.73 Å². The molecule has 1 aliphatic rings. The molecule has 1 heterocycles. The lowest BCUT2D eigenvalue weighted by atomic mass is 10.2. The Kier molecular flexibility index (Phi) is 4.08. The SMILES string of the molecule is CCCCN1C(=O)N=C(N)C(=NC(C)=O)C1=O. The minimum Gasteiger partial charge on any atom is -0.382 e. The molecule has 0 saturated heterocycles. The highest BCUT2D eigenvalue weighted by Crippen LogP contribution is 2.06. The lowest BCUT2D eigenvalue weighted by molar-refractivity contribution is -0.122. The predicted molar refractivity (Wildman–Crippen MR) is 61.8 cm³/mol. The summed E-state index contributed by atoms with van der Waals surface area (Å²) in [5.41, 5.74) is 5.14. The van der Waals surface area contributed by atoms with E-state index >= 15 is 0 Å². The Balaban J connectivity index is 3.03. The van der Waals surface area contributed by atoms with Crippen LogP contribution in [0.1, 0.15) is 26.7 Å². The number of carbonyl (C=O) groups is 3. The minimum absolute atomic E-state index is 0.252. The Morgan fingerprint density at radius 3 is 2.65 bits per heavy atom. The summed E-state index contributed by atoms with van der Waals surface area (Å²) in [5, 5.41) is 0. The molecule has 17 heavy (non-hydrogen) atoms. The number of amides is 4. The number of nitrogens with two attached hydrogens (primary N) is 1. The average molecular weight is 238 g/mol. The highest BCUT2D eigenvalue weighted by molar-refractivity contribution is 6.69. The maximum atomic E-state index is 11.8. The van der Waals surface area contributed by atoms with E-state index in [2.05, 4.69) is 9.98 Å². The third-order valence-electron chi connectivity index (χ3n) is 2.14. The molecular formula is C10H14N4O3. The van der Waals surface area contributed by atoms with Crippen LogP contribution in [-0.4, -0.2) is 40.8 Å². The molecule has 0 aromatic heterocycles. The smallest absolute Gasteiger partial charge is 0.352 e. The third kappa shape index (κ3) is 2.96. The first-order chi connectivity index (χ1) is 7.97. The van der Waals surface area contributed by atoms with Crippen LogP contribution in [0.25, 0.3) is 0 Å². The van der Waals surface area contributed by atoms with Crippen LogP contribution in [-0.2, 0) is 9.59 Å². The number of unbranched alkanes of at least 4 members (excludes halogenated alkanes) is 1. The Morgan fingerprint density at radius 2 is 2.12 bits per heavy atom. The number of urea groups is 1. The maximum absolute atomic E-state index is 11.8. The van der Waals surface area contributed by atoms with Crippen LogP contribution in [0.3, 0.4) is 0 Å². The van der Waals surface area contributed by atoms with E-state index in [1.54, 1.807) is 0 Å². The molecule has 1 rings (SSSR count). The number of imide groups is 1. The average Bonchev–Trinajstić information content (AvgIpc) is 2.23. The fourth-order valence-electron chi connectivity index (χ4n) is 1.32. The van der Waals surface area contributed by atoms with E-state index < -0.39 is 17.8 Å². The van der Waals surface area contributed by atoms with Crippen LogP contribution in [0.2, 0.25) is 0 Å². The first-order valence-corrected chi connectivity index (χ1v) is 5.27. The van der Waals surface area contributed by atoms with E-state index in [1.807, 2.05) is 6.92 Å². The number of rotatable bonds is 3. The van der Waals surface area contributed by atoms with Crippen LogP contribution >= 0.6 is 0 Å². The van der Waals surface area contributed by atoms with Crippen molar-refractivity contribution < 1.29 is 14.4 Å². The van der Waals surface area contributed by atoms with Crippen LogP contribution in [0.15, 0.2) is 9.98 Å². The number of hydrogen-bond donors (Lipinski definition) is 1. The van der Waals surface area contributed by atoms with Gasteiger partial charge in [0.2, 0.25) is 5.91 Å². The second kappa shape index (κ2) is 5.33. The second-order valence-electron chi connectivity index (χ2n) is 3.57. The van der Waals surface area contributed by atoms with Crippen molar-refractivity contribution in [3.05, 3.63) is 0 Å². The van der Waals surface area contributed by atoms with Crippen molar-refractivity contribution >= 4 is 29.4 Å². The van der Waals surface area contributed by atoms with Crippen molar-refractivity contribution in [1.29, 1.82) is 0 Å². The normalized spacial score (nSPS) is 18.6. The molecule has 0 aromatic rings. The van der Waals surface area contributed by atoms with Gasteiger partial charge in [-0.25, -0.2) is 9.79 Å². The van der Waals surface area contributed by atoms with Crippen molar-refractivity contribution in [2.45, 2.75) is 26.7 Å². The largest absolute Gasteiger partial charge is 0.382 e. The van der Waals surface area contributed by atoms with Crippen molar-refractivity contribution in [3.63, 3.8) is 0 Å². The number of amidine groups is 1. The van der Waals surface area contributed by atoms with Crippen molar-refractivity contribution in [1.82, 2.24) is 4.90 Å². The van der Waals surface area contributed by atoms with Gasteiger partial charge in [0.1, 0.15) is 0 Å². The highest BCUT2D eigenvalue weighted by Gasteiger charge is 2.32. The molecule has 0 atom stereocenters. The number of aliphatic imine (C=N–C) groups is 2. The summed E-state index contributed by atoms with van der Waals surface area (Å²) in [4.78, 5) is 42.0. The van der Waals surface area contributed by atoms with Gasteiger partial charge in [0.25, 0.3) is 5.91 Å². The molecule has 2 N–H and O–H groups in total. The van der Waals surface area contributed by atoms with Gasteiger partial charge in [-0.1, -0.05) is 13.3 Å². The van der Waals surface area contributed by atoms with Crippen molar-refractivity contribution in [2.24, 2.45) is 15.7 Å². The molecule has 0 saturated carbocycles. The molecule has 7 heteroatoms. The fourth-order valence-corrected chi connectivity index (χ4v) is 1.32. The molecule has 0 spiro atoms. The predicted octanol–water partition coefficient (Wildman–Crippen LogP) is 0.0934. The molecule has 92 valence electrons. The molecule has 4 amide bonds. The fraction of sp³-hybridized carbons (Fsp3) is 0.500. The van der Waals surface area contributed by atoms with Crippen molar-refractivity contribution in [3.8, 4) is 0 Å². The lowest BCUT2D eigenvalue weighted by Gasteiger charge is -2.22. The summed E-state index contributed by atoms with van der Waals surface area (Å²) in [7, 11) is 0. The zero-order valence-corrected chi connectivity index (χ0v) is 9.77. The Labute approximate surface area is 98.4 Å². The maximum Gasteiger partial charge on any atom is 0.352 e. The van der Waals surface area contributed by atoms with E-state index in [9.17, 15) is 14.4 Å². The monoisotopic (exact) mass is 238 g/mol. The molecular weight excluding hydrogens is 224 g/mol. The summed E-state index contributed by atoms with van der Waals surface area (Å²) in [6, 6.07) is -0.705. The molecule has 1 aliphatic heterocycles. The van der Waals surface area contributed by atoms with Gasteiger partial charge in [-0.15, -0.1) is 0 Å².